The highest BCUT2D eigenvalue weighted by atomic mass is 32.1. The molecular formula is C23H27N3O3S. The molecule has 1 saturated heterocycles. The number of rotatable bonds is 6. The number of thiophene rings is 1. The van der Waals surface area contributed by atoms with Crippen molar-refractivity contribution in [2.24, 2.45) is 0 Å². The van der Waals surface area contributed by atoms with Crippen LogP contribution in [0.15, 0.2) is 51.4 Å². The fourth-order valence-electron chi connectivity index (χ4n) is 4.38. The minimum absolute atomic E-state index is 0.0326. The molecule has 0 saturated carbocycles. The molecule has 0 N–H and O–H groups in total. The number of aryl methyl sites for hydroxylation is 1. The number of hydrogen-bond donors (Lipinski definition) is 0. The summed E-state index contributed by atoms with van der Waals surface area (Å²) in [6.07, 6.45) is 4.68. The van der Waals surface area contributed by atoms with Gasteiger partial charge in [-0.1, -0.05) is 25.1 Å². The Kier molecular flexibility index (Phi) is 6.18. The Bertz CT molecular complexity index is 1150. The molecule has 1 atom stereocenters. The fourth-order valence-corrected chi connectivity index (χ4v) is 5.08. The number of benzene rings is 1. The molecule has 3 aromatic rings. The van der Waals surface area contributed by atoms with Crippen molar-refractivity contribution >= 4 is 28.1 Å². The third-order valence-electron chi connectivity index (χ3n) is 6.01. The average molecular weight is 426 g/mol. The number of aromatic nitrogens is 2. The van der Waals surface area contributed by atoms with Crippen molar-refractivity contribution in [3.63, 3.8) is 0 Å². The second-order valence-electron chi connectivity index (χ2n) is 7.82. The van der Waals surface area contributed by atoms with Gasteiger partial charge in [-0.2, -0.15) is 0 Å². The van der Waals surface area contributed by atoms with Gasteiger partial charge in [0.25, 0.3) is 5.56 Å². The Labute approximate surface area is 179 Å². The zero-order valence-corrected chi connectivity index (χ0v) is 18.1. The third kappa shape index (κ3) is 3.99. The molecule has 0 radical (unpaired) electrons. The monoisotopic (exact) mass is 425 g/mol. The van der Waals surface area contributed by atoms with Gasteiger partial charge in [-0.15, -0.1) is 11.3 Å². The molecule has 158 valence electrons. The maximum absolute atomic E-state index is 13.3. The van der Waals surface area contributed by atoms with E-state index in [4.69, 9.17) is 0 Å². The molecule has 1 aliphatic rings. The van der Waals surface area contributed by atoms with Crippen LogP contribution in [0, 0.1) is 0 Å². The number of piperidine rings is 1. The Balaban J connectivity index is 1.72. The average Bonchev–Trinajstić information content (AvgIpc) is 3.30. The maximum Gasteiger partial charge on any atom is 0.331 e. The molecule has 1 aliphatic heterocycles. The summed E-state index contributed by atoms with van der Waals surface area (Å²) in [6, 6.07) is 11.3. The SMILES string of the molecule is CC[C@H]1CCCCN1C(=O)Cn1c(=O)n(CCc2cccs2)c(=O)c2ccccc21. The molecule has 3 heterocycles. The topological polar surface area (TPSA) is 64.3 Å². The number of fused-ring (bicyclic) bond motifs is 1. The van der Waals surface area contributed by atoms with Gasteiger partial charge in [0.15, 0.2) is 0 Å². The number of nitrogens with zero attached hydrogens (tertiary/aromatic N) is 3. The first kappa shape index (κ1) is 20.6. The molecule has 1 amide bonds. The zero-order valence-electron chi connectivity index (χ0n) is 17.3. The normalized spacial score (nSPS) is 16.8. The molecule has 0 aliphatic carbocycles. The first-order chi connectivity index (χ1) is 14.6. The summed E-state index contributed by atoms with van der Waals surface area (Å²) in [5.41, 5.74) is -0.174. The lowest BCUT2D eigenvalue weighted by molar-refractivity contribution is -0.135. The lowest BCUT2D eigenvalue weighted by Crippen LogP contribution is -2.47. The van der Waals surface area contributed by atoms with Crippen LogP contribution in [-0.4, -0.2) is 32.5 Å². The molecule has 0 unspecified atom stereocenters. The van der Waals surface area contributed by atoms with Gasteiger partial charge in [-0.25, -0.2) is 4.79 Å². The molecule has 0 bridgehead atoms. The van der Waals surface area contributed by atoms with Crippen LogP contribution >= 0.6 is 11.3 Å². The second-order valence-corrected chi connectivity index (χ2v) is 8.85. The molecule has 1 fully saturated rings. The van der Waals surface area contributed by atoms with Crippen molar-refractivity contribution in [1.82, 2.24) is 14.0 Å². The maximum atomic E-state index is 13.3. The lowest BCUT2D eigenvalue weighted by Gasteiger charge is -2.35. The molecule has 4 rings (SSSR count). The standard InChI is InChI=1S/C23H27N3O3S/c1-2-17-8-5-6-13-24(17)21(27)16-26-20-11-4-3-10-19(20)22(28)25(23(26)29)14-12-18-9-7-15-30-18/h3-4,7,9-11,15,17H,2,5-6,8,12-14,16H2,1H3/t17-/m0/s1. The van der Waals surface area contributed by atoms with Crippen LogP contribution in [-0.2, 0) is 24.3 Å². The molecule has 7 heteroatoms. The molecule has 2 aromatic heterocycles. The van der Waals surface area contributed by atoms with Crippen molar-refractivity contribution in [2.45, 2.75) is 58.2 Å². The van der Waals surface area contributed by atoms with Crippen LogP contribution in [0.2, 0.25) is 0 Å². The van der Waals surface area contributed by atoms with Gasteiger partial charge in [0.05, 0.1) is 10.9 Å². The number of amides is 1. The van der Waals surface area contributed by atoms with E-state index in [0.717, 1.165) is 37.1 Å². The minimum atomic E-state index is -0.409. The smallest absolute Gasteiger partial charge is 0.331 e. The quantitative estimate of drug-likeness (QED) is 0.609. The molecule has 6 nitrogen and oxygen atoms in total. The highest BCUT2D eigenvalue weighted by Gasteiger charge is 2.26. The van der Waals surface area contributed by atoms with Gasteiger partial charge in [0.1, 0.15) is 6.54 Å². The Morgan fingerprint density at radius 1 is 1.10 bits per heavy atom. The van der Waals surface area contributed by atoms with E-state index >= 15 is 0 Å². The van der Waals surface area contributed by atoms with E-state index < -0.39 is 5.69 Å². The van der Waals surface area contributed by atoms with Gasteiger partial charge >= 0.3 is 5.69 Å². The molecule has 30 heavy (non-hydrogen) atoms. The van der Waals surface area contributed by atoms with E-state index in [0.29, 0.717) is 23.9 Å². The van der Waals surface area contributed by atoms with Gasteiger partial charge in [-0.3, -0.25) is 18.7 Å². The summed E-state index contributed by atoms with van der Waals surface area (Å²) in [5.74, 6) is -0.0442. The number of hydrogen-bond acceptors (Lipinski definition) is 4. The lowest BCUT2D eigenvalue weighted by atomic mass is 10.00. The van der Waals surface area contributed by atoms with E-state index in [1.807, 2.05) is 22.4 Å². The fraction of sp³-hybridized carbons (Fsp3) is 0.435. The van der Waals surface area contributed by atoms with Gasteiger partial charge in [0, 0.05) is 24.0 Å². The van der Waals surface area contributed by atoms with Crippen molar-refractivity contribution in [1.29, 1.82) is 0 Å². The largest absolute Gasteiger partial charge is 0.338 e. The Hall–Kier alpha value is -2.67. The number of likely N-dealkylation sites (tertiary alicyclic amines) is 1. The van der Waals surface area contributed by atoms with Crippen LogP contribution in [0.4, 0.5) is 0 Å². The predicted molar refractivity (Wildman–Crippen MR) is 120 cm³/mol. The van der Waals surface area contributed by atoms with Crippen LogP contribution in [0.3, 0.4) is 0 Å². The van der Waals surface area contributed by atoms with E-state index in [-0.39, 0.29) is 24.1 Å². The van der Waals surface area contributed by atoms with Gasteiger partial charge < -0.3 is 4.90 Å². The number of carbonyl (C=O) groups excluding carboxylic acids is 1. The summed E-state index contributed by atoms with van der Waals surface area (Å²) >= 11 is 1.61. The summed E-state index contributed by atoms with van der Waals surface area (Å²) in [5, 5.41) is 2.46. The van der Waals surface area contributed by atoms with E-state index in [2.05, 4.69) is 6.92 Å². The van der Waals surface area contributed by atoms with Crippen LogP contribution in [0.5, 0.6) is 0 Å². The minimum Gasteiger partial charge on any atom is -0.338 e. The van der Waals surface area contributed by atoms with Crippen molar-refractivity contribution in [2.75, 3.05) is 6.54 Å². The third-order valence-corrected chi connectivity index (χ3v) is 6.94. The first-order valence-electron chi connectivity index (χ1n) is 10.6. The summed E-state index contributed by atoms with van der Waals surface area (Å²) < 4.78 is 2.76. The molecule has 0 spiro atoms. The summed E-state index contributed by atoms with van der Waals surface area (Å²) in [7, 11) is 0. The highest BCUT2D eigenvalue weighted by Crippen LogP contribution is 2.20. The van der Waals surface area contributed by atoms with Gasteiger partial charge in [0.2, 0.25) is 5.91 Å². The Morgan fingerprint density at radius 2 is 1.93 bits per heavy atom. The summed E-state index contributed by atoms with van der Waals surface area (Å²) in [4.78, 5) is 42.5. The van der Waals surface area contributed by atoms with Gasteiger partial charge in [-0.05, 0) is 55.7 Å². The van der Waals surface area contributed by atoms with E-state index in [1.165, 1.54) is 9.13 Å². The van der Waals surface area contributed by atoms with E-state index in [9.17, 15) is 14.4 Å². The Morgan fingerprint density at radius 3 is 2.70 bits per heavy atom. The van der Waals surface area contributed by atoms with Crippen LogP contribution in [0.1, 0.15) is 37.5 Å². The van der Waals surface area contributed by atoms with Crippen molar-refractivity contribution in [3.8, 4) is 0 Å². The van der Waals surface area contributed by atoms with Crippen molar-refractivity contribution < 1.29 is 4.79 Å². The number of para-hydroxylation sites is 1. The first-order valence-corrected chi connectivity index (χ1v) is 11.5. The zero-order chi connectivity index (χ0) is 21.1. The van der Waals surface area contributed by atoms with Crippen LogP contribution in [0.25, 0.3) is 10.9 Å². The predicted octanol–water partition coefficient (Wildman–Crippen LogP) is 3.26. The van der Waals surface area contributed by atoms with Crippen LogP contribution < -0.4 is 11.2 Å². The summed E-state index contributed by atoms with van der Waals surface area (Å²) in [6.45, 7) is 3.11. The number of carbonyl (C=O) groups is 1. The molecular weight excluding hydrogens is 398 g/mol. The molecule has 1 aromatic carbocycles. The second kappa shape index (κ2) is 9.00. The highest BCUT2D eigenvalue weighted by molar-refractivity contribution is 7.09. The van der Waals surface area contributed by atoms with E-state index in [1.54, 1.807) is 35.6 Å². The van der Waals surface area contributed by atoms with Crippen molar-refractivity contribution in [3.05, 3.63) is 67.5 Å².